The predicted molar refractivity (Wildman–Crippen MR) is 75.0 cm³/mol. The summed E-state index contributed by atoms with van der Waals surface area (Å²) in [6, 6.07) is 0. The Kier molecular flexibility index (Phi) is 4.99. The third kappa shape index (κ3) is 3.70. The van der Waals surface area contributed by atoms with Gasteiger partial charge in [-0.1, -0.05) is 6.92 Å². The van der Waals surface area contributed by atoms with E-state index in [1.165, 1.54) is 12.8 Å². The molecule has 1 amide bonds. The number of aromatic nitrogens is 1. The van der Waals surface area contributed by atoms with Crippen LogP contribution in [0.15, 0.2) is 11.6 Å². The Balaban J connectivity index is 1.78. The Morgan fingerprint density at radius 1 is 1.67 bits per heavy atom. The Morgan fingerprint density at radius 2 is 2.56 bits per heavy atom. The van der Waals surface area contributed by atoms with Crippen molar-refractivity contribution in [2.24, 2.45) is 5.92 Å². The van der Waals surface area contributed by atoms with E-state index in [4.69, 9.17) is 0 Å². The first-order valence-electron chi connectivity index (χ1n) is 6.70. The SMILES string of the molecule is CCCC(=O)NCC1CCCN(c2nccs2)C1. The molecule has 1 atom stereocenters. The number of amides is 1. The Morgan fingerprint density at radius 3 is 3.28 bits per heavy atom. The van der Waals surface area contributed by atoms with E-state index >= 15 is 0 Å². The van der Waals surface area contributed by atoms with Crippen molar-refractivity contribution in [3.8, 4) is 0 Å². The molecular weight excluding hydrogens is 246 g/mol. The lowest BCUT2D eigenvalue weighted by molar-refractivity contribution is -0.121. The van der Waals surface area contributed by atoms with Crippen molar-refractivity contribution in [2.75, 3.05) is 24.5 Å². The Labute approximate surface area is 112 Å². The van der Waals surface area contributed by atoms with Gasteiger partial charge in [-0.3, -0.25) is 4.79 Å². The smallest absolute Gasteiger partial charge is 0.219 e. The third-order valence-corrected chi connectivity index (χ3v) is 4.11. The van der Waals surface area contributed by atoms with Crippen molar-refractivity contribution in [3.63, 3.8) is 0 Å². The van der Waals surface area contributed by atoms with Gasteiger partial charge in [0.15, 0.2) is 5.13 Å². The van der Waals surface area contributed by atoms with E-state index in [9.17, 15) is 4.79 Å². The number of carbonyl (C=O) groups excluding carboxylic acids is 1. The highest BCUT2D eigenvalue weighted by Crippen LogP contribution is 2.24. The molecule has 1 aromatic heterocycles. The maximum absolute atomic E-state index is 11.5. The average molecular weight is 267 g/mol. The first-order valence-corrected chi connectivity index (χ1v) is 7.58. The van der Waals surface area contributed by atoms with Gasteiger partial charge in [-0.15, -0.1) is 11.3 Å². The number of anilines is 1. The van der Waals surface area contributed by atoms with Crippen LogP contribution in [0.25, 0.3) is 0 Å². The highest BCUT2D eigenvalue weighted by atomic mass is 32.1. The molecule has 1 saturated heterocycles. The quantitative estimate of drug-likeness (QED) is 0.890. The van der Waals surface area contributed by atoms with Crippen molar-refractivity contribution in [2.45, 2.75) is 32.6 Å². The lowest BCUT2D eigenvalue weighted by atomic mass is 9.98. The average Bonchev–Trinajstić information content (AvgIpc) is 2.91. The molecule has 0 saturated carbocycles. The van der Waals surface area contributed by atoms with Crippen molar-refractivity contribution in [3.05, 3.63) is 11.6 Å². The molecule has 0 aromatic carbocycles. The normalized spacial score (nSPS) is 19.8. The van der Waals surface area contributed by atoms with Gasteiger partial charge in [0.05, 0.1) is 0 Å². The lowest BCUT2D eigenvalue weighted by Crippen LogP contribution is -2.40. The molecule has 2 rings (SSSR count). The third-order valence-electron chi connectivity index (χ3n) is 3.27. The number of hydrogen-bond acceptors (Lipinski definition) is 4. The van der Waals surface area contributed by atoms with Crippen LogP contribution >= 0.6 is 11.3 Å². The van der Waals surface area contributed by atoms with Gasteiger partial charge in [0, 0.05) is 37.6 Å². The van der Waals surface area contributed by atoms with Crippen LogP contribution in [-0.2, 0) is 4.79 Å². The molecule has 18 heavy (non-hydrogen) atoms. The fourth-order valence-corrected chi connectivity index (χ4v) is 3.03. The summed E-state index contributed by atoms with van der Waals surface area (Å²) >= 11 is 1.69. The molecule has 1 N–H and O–H groups in total. The van der Waals surface area contributed by atoms with Crippen LogP contribution in [0.1, 0.15) is 32.6 Å². The monoisotopic (exact) mass is 267 g/mol. The number of thiazole rings is 1. The highest BCUT2D eigenvalue weighted by molar-refractivity contribution is 7.13. The summed E-state index contributed by atoms with van der Waals surface area (Å²) in [7, 11) is 0. The van der Waals surface area contributed by atoms with E-state index < -0.39 is 0 Å². The molecule has 5 heteroatoms. The van der Waals surface area contributed by atoms with Gasteiger partial charge in [-0.2, -0.15) is 0 Å². The second-order valence-corrected chi connectivity index (χ2v) is 5.70. The first kappa shape index (κ1) is 13.3. The predicted octanol–water partition coefficient (Wildman–Crippen LogP) is 2.28. The van der Waals surface area contributed by atoms with Gasteiger partial charge in [0.1, 0.15) is 0 Å². The molecule has 4 nitrogen and oxygen atoms in total. The fourth-order valence-electron chi connectivity index (χ4n) is 2.35. The molecule has 1 unspecified atom stereocenters. The zero-order chi connectivity index (χ0) is 12.8. The summed E-state index contributed by atoms with van der Waals surface area (Å²) in [5.41, 5.74) is 0. The molecule has 100 valence electrons. The van der Waals surface area contributed by atoms with E-state index in [1.54, 1.807) is 11.3 Å². The molecule has 0 radical (unpaired) electrons. The van der Waals surface area contributed by atoms with Crippen LogP contribution in [0.4, 0.5) is 5.13 Å². The molecule has 1 aliphatic heterocycles. The van der Waals surface area contributed by atoms with Crippen LogP contribution in [0.3, 0.4) is 0 Å². The summed E-state index contributed by atoms with van der Waals surface area (Å²) in [4.78, 5) is 18.2. The minimum absolute atomic E-state index is 0.184. The van der Waals surface area contributed by atoms with Gasteiger partial charge in [-0.05, 0) is 25.2 Å². The highest BCUT2D eigenvalue weighted by Gasteiger charge is 2.21. The van der Waals surface area contributed by atoms with Crippen LogP contribution < -0.4 is 10.2 Å². The minimum atomic E-state index is 0.184. The van der Waals surface area contributed by atoms with Crippen LogP contribution in [-0.4, -0.2) is 30.5 Å². The molecule has 0 bridgehead atoms. The van der Waals surface area contributed by atoms with Crippen LogP contribution in [0, 0.1) is 5.92 Å². The molecule has 1 fully saturated rings. The molecular formula is C13H21N3OS. The summed E-state index contributed by atoms with van der Waals surface area (Å²) < 4.78 is 0. The Bertz CT molecular complexity index is 366. The van der Waals surface area contributed by atoms with Gasteiger partial charge >= 0.3 is 0 Å². The number of carbonyl (C=O) groups is 1. The zero-order valence-corrected chi connectivity index (χ0v) is 11.7. The fraction of sp³-hybridized carbons (Fsp3) is 0.692. The van der Waals surface area contributed by atoms with Crippen molar-refractivity contribution in [1.29, 1.82) is 0 Å². The van der Waals surface area contributed by atoms with E-state index in [2.05, 4.69) is 15.2 Å². The number of nitrogens with one attached hydrogen (secondary N) is 1. The minimum Gasteiger partial charge on any atom is -0.356 e. The number of nitrogens with zero attached hydrogens (tertiary/aromatic N) is 2. The molecule has 0 spiro atoms. The lowest BCUT2D eigenvalue weighted by Gasteiger charge is -2.32. The van der Waals surface area contributed by atoms with E-state index in [0.29, 0.717) is 12.3 Å². The van der Waals surface area contributed by atoms with Crippen molar-refractivity contribution < 1.29 is 4.79 Å². The largest absolute Gasteiger partial charge is 0.356 e. The Hall–Kier alpha value is -1.10. The standard InChI is InChI=1S/C13H21N3OS/c1-2-4-12(17)15-9-11-5-3-7-16(10-11)13-14-6-8-18-13/h6,8,11H,2-5,7,9-10H2,1H3,(H,15,17). The second kappa shape index (κ2) is 6.73. The summed E-state index contributed by atoms with van der Waals surface area (Å²) in [6.45, 7) is 4.94. The van der Waals surface area contributed by atoms with Crippen molar-refractivity contribution in [1.82, 2.24) is 10.3 Å². The first-order chi connectivity index (χ1) is 8.79. The summed E-state index contributed by atoms with van der Waals surface area (Å²) in [5.74, 6) is 0.743. The topological polar surface area (TPSA) is 45.2 Å². The molecule has 0 aliphatic carbocycles. The number of rotatable bonds is 5. The van der Waals surface area contributed by atoms with Gasteiger partial charge in [-0.25, -0.2) is 4.98 Å². The van der Waals surface area contributed by atoms with Crippen LogP contribution in [0.2, 0.25) is 0 Å². The van der Waals surface area contributed by atoms with Crippen LogP contribution in [0.5, 0.6) is 0 Å². The molecule has 1 aliphatic rings. The summed E-state index contributed by atoms with van der Waals surface area (Å²) in [5, 5.41) is 6.16. The van der Waals surface area contributed by atoms with E-state index in [0.717, 1.165) is 31.2 Å². The zero-order valence-electron chi connectivity index (χ0n) is 10.9. The second-order valence-electron chi connectivity index (χ2n) is 4.82. The van der Waals surface area contributed by atoms with E-state index in [1.807, 2.05) is 18.5 Å². The number of piperidine rings is 1. The number of hydrogen-bond donors (Lipinski definition) is 1. The summed E-state index contributed by atoms with van der Waals surface area (Å²) in [6.07, 6.45) is 5.81. The maximum atomic E-state index is 11.5. The van der Waals surface area contributed by atoms with Gasteiger partial charge < -0.3 is 10.2 Å². The maximum Gasteiger partial charge on any atom is 0.219 e. The molecule has 2 heterocycles. The van der Waals surface area contributed by atoms with Crippen molar-refractivity contribution >= 4 is 22.4 Å². The van der Waals surface area contributed by atoms with Gasteiger partial charge in [0.25, 0.3) is 0 Å². The van der Waals surface area contributed by atoms with Gasteiger partial charge in [0.2, 0.25) is 5.91 Å². The van der Waals surface area contributed by atoms with E-state index in [-0.39, 0.29) is 5.91 Å². The molecule has 1 aromatic rings.